The molecule has 0 atom stereocenters. The van der Waals surface area contributed by atoms with E-state index in [0.29, 0.717) is 0 Å². The smallest absolute Gasteiger partial charge is 0.160 e. The highest BCUT2D eigenvalue weighted by Crippen LogP contribution is 2.49. The van der Waals surface area contributed by atoms with Crippen molar-refractivity contribution in [1.29, 1.82) is 0 Å². The third kappa shape index (κ3) is 4.06. The third-order valence-corrected chi connectivity index (χ3v) is 7.93. The van der Waals surface area contributed by atoms with Gasteiger partial charge < -0.3 is 0 Å². The van der Waals surface area contributed by atoms with Crippen molar-refractivity contribution in [3.8, 4) is 56.2 Å². The molecular formula is C37H28N2. The van der Waals surface area contributed by atoms with E-state index in [1.165, 1.54) is 33.4 Å². The predicted molar refractivity (Wildman–Crippen MR) is 161 cm³/mol. The molecule has 1 heterocycles. The first-order valence-electron chi connectivity index (χ1n) is 13.4. The van der Waals surface area contributed by atoms with Crippen molar-refractivity contribution >= 4 is 0 Å². The number of hydrogen-bond acceptors (Lipinski definition) is 2. The molecule has 0 amide bonds. The summed E-state index contributed by atoms with van der Waals surface area (Å²) >= 11 is 0. The van der Waals surface area contributed by atoms with Crippen LogP contribution in [0.5, 0.6) is 0 Å². The van der Waals surface area contributed by atoms with Crippen LogP contribution in [0, 0.1) is 0 Å². The standard InChI is InChI=1S/C37H28N2/c1-37(2)32-16-10-9-15-30(32)31-23-29(21-22-33(31)37)25-17-19-27(20-18-25)35-24-34(26-11-5-3-6-12-26)38-36(39-35)28-13-7-4-8-14-28/h3-24H,1-2H3. The zero-order valence-corrected chi connectivity index (χ0v) is 22.1. The average molecular weight is 501 g/mol. The Bertz CT molecular complexity index is 1740. The largest absolute Gasteiger partial charge is 0.228 e. The molecule has 6 aromatic rings. The topological polar surface area (TPSA) is 25.8 Å². The van der Waals surface area contributed by atoms with E-state index in [1.54, 1.807) is 0 Å². The fourth-order valence-corrected chi connectivity index (χ4v) is 5.80. The Morgan fingerprint density at radius 1 is 0.410 bits per heavy atom. The molecule has 2 heteroatoms. The Kier molecular flexibility index (Phi) is 5.49. The minimum absolute atomic E-state index is 0.0221. The van der Waals surface area contributed by atoms with E-state index in [1.807, 2.05) is 36.4 Å². The lowest BCUT2D eigenvalue weighted by Crippen LogP contribution is -2.14. The van der Waals surface area contributed by atoms with Gasteiger partial charge in [0.1, 0.15) is 0 Å². The maximum absolute atomic E-state index is 4.98. The zero-order valence-electron chi connectivity index (χ0n) is 22.1. The van der Waals surface area contributed by atoms with E-state index in [9.17, 15) is 0 Å². The van der Waals surface area contributed by atoms with E-state index in [0.717, 1.165) is 33.9 Å². The average Bonchev–Trinajstić information content (AvgIpc) is 3.24. The van der Waals surface area contributed by atoms with E-state index < -0.39 is 0 Å². The van der Waals surface area contributed by atoms with Crippen molar-refractivity contribution in [3.63, 3.8) is 0 Å². The Morgan fingerprint density at radius 3 is 1.62 bits per heavy atom. The third-order valence-electron chi connectivity index (χ3n) is 7.93. The number of aromatic nitrogens is 2. The van der Waals surface area contributed by atoms with Crippen LogP contribution in [0.4, 0.5) is 0 Å². The van der Waals surface area contributed by atoms with Crippen LogP contribution < -0.4 is 0 Å². The van der Waals surface area contributed by atoms with Gasteiger partial charge in [-0.2, -0.15) is 0 Å². The molecule has 5 aromatic carbocycles. The second-order valence-electron chi connectivity index (χ2n) is 10.7. The van der Waals surface area contributed by atoms with Gasteiger partial charge >= 0.3 is 0 Å². The normalized spacial score (nSPS) is 13.1. The van der Waals surface area contributed by atoms with Crippen molar-refractivity contribution in [2.75, 3.05) is 0 Å². The first-order chi connectivity index (χ1) is 19.1. The molecule has 1 aliphatic carbocycles. The lowest BCUT2D eigenvalue weighted by Gasteiger charge is -2.21. The summed E-state index contributed by atoms with van der Waals surface area (Å²) in [6.07, 6.45) is 0. The SMILES string of the molecule is CC1(C)c2ccccc2-c2cc(-c3ccc(-c4cc(-c5ccccc5)nc(-c5ccccc5)n4)cc3)ccc21. The number of hydrogen-bond donors (Lipinski definition) is 0. The van der Waals surface area contributed by atoms with Crippen LogP contribution in [0.3, 0.4) is 0 Å². The summed E-state index contributed by atoms with van der Waals surface area (Å²) in [6.45, 7) is 4.64. The van der Waals surface area contributed by atoms with E-state index >= 15 is 0 Å². The van der Waals surface area contributed by atoms with Crippen LogP contribution in [0.2, 0.25) is 0 Å². The van der Waals surface area contributed by atoms with Gasteiger partial charge in [-0.15, -0.1) is 0 Å². The van der Waals surface area contributed by atoms with Crippen LogP contribution >= 0.6 is 0 Å². The number of nitrogens with zero attached hydrogens (tertiary/aromatic N) is 2. The maximum Gasteiger partial charge on any atom is 0.160 e. The van der Waals surface area contributed by atoms with Crippen molar-refractivity contribution in [2.24, 2.45) is 0 Å². The first-order valence-corrected chi connectivity index (χ1v) is 13.4. The summed E-state index contributed by atoms with van der Waals surface area (Å²) in [6, 6.07) is 47.1. The number of rotatable bonds is 4. The second kappa shape index (κ2) is 9.18. The highest BCUT2D eigenvalue weighted by atomic mass is 14.9. The molecule has 0 spiro atoms. The van der Waals surface area contributed by atoms with Crippen molar-refractivity contribution < 1.29 is 0 Å². The van der Waals surface area contributed by atoms with Crippen molar-refractivity contribution in [2.45, 2.75) is 19.3 Å². The summed E-state index contributed by atoms with van der Waals surface area (Å²) in [7, 11) is 0. The Morgan fingerprint density at radius 2 is 0.923 bits per heavy atom. The zero-order chi connectivity index (χ0) is 26.4. The molecule has 0 aliphatic heterocycles. The molecule has 0 saturated heterocycles. The molecule has 186 valence electrons. The molecule has 0 N–H and O–H groups in total. The minimum atomic E-state index is 0.0221. The van der Waals surface area contributed by atoms with Crippen molar-refractivity contribution in [3.05, 3.63) is 145 Å². The van der Waals surface area contributed by atoms with Crippen molar-refractivity contribution in [1.82, 2.24) is 9.97 Å². The van der Waals surface area contributed by atoms with Gasteiger partial charge in [-0.25, -0.2) is 9.97 Å². The molecule has 1 aromatic heterocycles. The number of fused-ring (bicyclic) bond motifs is 3. The van der Waals surface area contributed by atoms with Crippen LogP contribution in [-0.2, 0) is 5.41 Å². The summed E-state index contributed by atoms with van der Waals surface area (Å²) < 4.78 is 0. The monoisotopic (exact) mass is 500 g/mol. The van der Waals surface area contributed by atoms with Gasteiger partial charge in [0, 0.05) is 22.1 Å². The van der Waals surface area contributed by atoms with Crippen LogP contribution in [0.25, 0.3) is 56.2 Å². The Labute approximate surface area is 229 Å². The molecule has 1 aliphatic rings. The van der Waals surface area contributed by atoms with Gasteiger partial charge in [-0.05, 0) is 45.5 Å². The molecule has 7 rings (SSSR count). The second-order valence-corrected chi connectivity index (χ2v) is 10.7. The lowest BCUT2D eigenvalue weighted by molar-refractivity contribution is 0.660. The van der Waals surface area contributed by atoms with Gasteiger partial charge in [0.15, 0.2) is 5.82 Å². The Balaban J connectivity index is 1.28. The molecule has 0 unspecified atom stereocenters. The highest BCUT2D eigenvalue weighted by Gasteiger charge is 2.35. The van der Waals surface area contributed by atoms with Crippen LogP contribution in [-0.4, -0.2) is 9.97 Å². The van der Waals surface area contributed by atoms with Gasteiger partial charge in [-0.3, -0.25) is 0 Å². The highest BCUT2D eigenvalue weighted by molar-refractivity contribution is 5.85. The number of benzene rings is 5. The molecule has 0 radical (unpaired) electrons. The van der Waals surface area contributed by atoms with Gasteiger partial charge in [0.2, 0.25) is 0 Å². The summed E-state index contributed by atoms with van der Waals surface area (Å²) in [5, 5.41) is 0. The van der Waals surface area contributed by atoms with E-state index in [4.69, 9.17) is 9.97 Å². The minimum Gasteiger partial charge on any atom is -0.228 e. The lowest BCUT2D eigenvalue weighted by atomic mass is 9.82. The fourth-order valence-electron chi connectivity index (χ4n) is 5.80. The van der Waals surface area contributed by atoms with Crippen LogP contribution in [0.1, 0.15) is 25.0 Å². The van der Waals surface area contributed by atoms with Crippen LogP contribution in [0.15, 0.2) is 133 Å². The van der Waals surface area contributed by atoms with Gasteiger partial charge in [-0.1, -0.05) is 135 Å². The summed E-state index contributed by atoms with van der Waals surface area (Å²) in [5.74, 6) is 0.732. The molecule has 2 nitrogen and oxygen atoms in total. The summed E-state index contributed by atoms with van der Waals surface area (Å²) in [5.41, 5.74) is 12.9. The predicted octanol–water partition coefficient (Wildman–Crippen LogP) is 9.45. The van der Waals surface area contributed by atoms with Gasteiger partial charge in [0.05, 0.1) is 11.4 Å². The van der Waals surface area contributed by atoms with Gasteiger partial charge in [0.25, 0.3) is 0 Å². The molecule has 0 saturated carbocycles. The fraction of sp³-hybridized carbons (Fsp3) is 0.0811. The molecule has 0 fully saturated rings. The summed E-state index contributed by atoms with van der Waals surface area (Å²) in [4.78, 5) is 9.90. The van der Waals surface area contributed by atoms with E-state index in [-0.39, 0.29) is 5.41 Å². The maximum atomic E-state index is 4.98. The molecular weight excluding hydrogens is 472 g/mol. The molecule has 39 heavy (non-hydrogen) atoms. The first kappa shape index (κ1) is 23.3. The Hall–Kier alpha value is -4.82. The molecule has 0 bridgehead atoms. The quantitative estimate of drug-likeness (QED) is 0.241. The van der Waals surface area contributed by atoms with E-state index in [2.05, 4.69) is 111 Å².